The fourth-order valence-electron chi connectivity index (χ4n) is 1.79. The molecule has 1 aromatic rings. The molecule has 1 aliphatic rings. The molecule has 2 heterocycles. The molecule has 0 amide bonds. The molecule has 4 nitrogen and oxygen atoms in total. The third-order valence-electron chi connectivity index (χ3n) is 2.68. The minimum atomic E-state index is 0.458. The van der Waals surface area contributed by atoms with Crippen molar-refractivity contribution in [2.45, 2.75) is 18.9 Å². The molecule has 14 heavy (non-hydrogen) atoms. The predicted molar refractivity (Wildman–Crippen MR) is 54.4 cm³/mol. The van der Waals surface area contributed by atoms with E-state index < -0.39 is 0 Å². The summed E-state index contributed by atoms with van der Waals surface area (Å²) < 4.78 is 7.28. The number of rotatable bonds is 4. The number of likely N-dealkylation sites (N-methyl/N-ethyl adjacent to an activating group) is 1. The van der Waals surface area contributed by atoms with Crippen molar-refractivity contribution in [3.8, 4) is 0 Å². The lowest BCUT2D eigenvalue weighted by molar-refractivity contribution is -0.0301. The van der Waals surface area contributed by atoms with Crippen molar-refractivity contribution in [2.75, 3.05) is 26.8 Å². The highest BCUT2D eigenvalue weighted by atomic mass is 16.5. The van der Waals surface area contributed by atoms with Crippen LogP contribution in [0.3, 0.4) is 0 Å². The zero-order chi connectivity index (χ0) is 9.97. The second-order valence-electron chi connectivity index (χ2n) is 3.85. The predicted octanol–water partition coefficient (Wildman–Crippen LogP) is 0.777. The molecule has 1 N–H and O–H groups in total. The van der Waals surface area contributed by atoms with Crippen LogP contribution in [0.4, 0.5) is 0 Å². The van der Waals surface area contributed by atoms with Crippen molar-refractivity contribution in [3.63, 3.8) is 0 Å². The maximum atomic E-state index is 5.18. The van der Waals surface area contributed by atoms with Crippen LogP contribution in [0.25, 0.3) is 0 Å². The molecule has 0 saturated carbocycles. The highest BCUT2D eigenvalue weighted by Gasteiger charge is 2.24. The van der Waals surface area contributed by atoms with Crippen molar-refractivity contribution in [1.82, 2.24) is 15.1 Å². The summed E-state index contributed by atoms with van der Waals surface area (Å²) >= 11 is 0. The van der Waals surface area contributed by atoms with Crippen molar-refractivity contribution < 1.29 is 4.74 Å². The molecule has 0 aliphatic carbocycles. The number of nitrogens with one attached hydrogen (secondary N) is 1. The van der Waals surface area contributed by atoms with Gasteiger partial charge >= 0.3 is 0 Å². The highest BCUT2D eigenvalue weighted by Crippen LogP contribution is 2.22. The summed E-state index contributed by atoms with van der Waals surface area (Å²) in [6.07, 6.45) is 1.87. The van der Waals surface area contributed by atoms with Gasteiger partial charge in [0.15, 0.2) is 0 Å². The number of nitrogens with zero attached hydrogens (tertiary/aromatic N) is 2. The Hall–Kier alpha value is -0.870. The summed E-state index contributed by atoms with van der Waals surface area (Å²) in [6.45, 7) is 4.81. The van der Waals surface area contributed by atoms with Gasteiger partial charge in [-0.2, -0.15) is 5.10 Å². The fraction of sp³-hybridized carbons (Fsp3) is 0.700. The summed E-state index contributed by atoms with van der Waals surface area (Å²) in [7, 11) is 1.98. The van der Waals surface area contributed by atoms with Gasteiger partial charge in [-0.25, -0.2) is 0 Å². The smallest absolute Gasteiger partial charge is 0.0988 e. The van der Waals surface area contributed by atoms with Crippen molar-refractivity contribution in [1.29, 1.82) is 0 Å². The van der Waals surface area contributed by atoms with Crippen LogP contribution in [-0.2, 0) is 4.74 Å². The average molecular weight is 195 g/mol. The minimum absolute atomic E-state index is 0.458. The van der Waals surface area contributed by atoms with E-state index in [-0.39, 0.29) is 0 Å². The first kappa shape index (κ1) is 9.68. The van der Waals surface area contributed by atoms with Gasteiger partial charge in [-0.3, -0.25) is 4.68 Å². The number of hydrogen-bond acceptors (Lipinski definition) is 3. The Bertz CT molecular complexity index is 293. The van der Waals surface area contributed by atoms with Crippen LogP contribution in [0.2, 0.25) is 0 Å². The van der Waals surface area contributed by atoms with Crippen molar-refractivity contribution in [3.05, 3.63) is 18.0 Å². The van der Waals surface area contributed by atoms with Gasteiger partial charge in [-0.1, -0.05) is 6.92 Å². The van der Waals surface area contributed by atoms with Crippen molar-refractivity contribution >= 4 is 0 Å². The van der Waals surface area contributed by atoms with Crippen LogP contribution in [0.15, 0.2) is 12.3 Å². The molecular formula is C10H17N3O. The molecule has 4 heteroatoms. The van der Waals surface area contributed by atoms with Gasteiger partial charge in [-0.05, 0) is 13.1 Å². The van der Waals surface area contributed by atoms with E-state index in [1.54, 1.807) is 0 Å². The first-order valence-electron chi connectivity index (χ1n) is 5.08. The van der Waals surface area contributed by atoms with Crippen LogP contribution in [-0.4, -0.2) is 36.6 Å². The fourth-order valence-corrected chi connectivity index (χ4v) is 1.79. The molecule has 1 unspecified atom stereocenters. The maximum Gasteiger partial charge on any atom is 0.0988 e. The molecule has 1 atom stereocenters. The van der Waals surface area contributed by atoms with E-state index in [4.69, 9.17) is 4.74 Å². The van der Waals surface area contributed by atoms with Gasteiger partial charge in [0.25, 0.3) is 0 Å². The van der Waals surface area contributed by atoms with Crippen LogP contribution in [0.1, 0.15) is 24.6 Å². The van der Waals surface area contributed by atoms with E-state index in [0.29, 0.717) is 12.0 Å². The normalized spacial score (nSPS) is 19.3. The first-order valence-corrected chi connectivity index (χ1v) is 5.08. The van der Waals surface area contributed by atoms with Crippen LogP contribution < -0.4 is 5.32 Å². The second-order valence-corrected chi connectivity index (χ2v) is 3.85. The standard InChI is InChI=1S/C10H17N3O/c1-8(5-11-2)10-3-4-12-13(10)9-6-14-7-9/h3-4,8-9,11H,5-7H2,1-2H3. The van der Waals surface area contributed by atoms with E-state index >= 15 is 0 Å². The quantitative estimate of drug-likeness (QED) is 0.771. The zero-order valence-corrected chi connectivity index (χ0v) is 8.73. The molecule has 0 aromatic carbocycles. The summed E-state index contributed by atoms with van der Waals surface area (Å²) in [5.74, 6) is 0.503. The summed E-state index contributed by atoms with van der Waals surface area (Å²) in [4.78, 5) is 0. The van der Waals surface area contributed by atoms with Gasteiger partial charge < -0.3 is 10.1 Å². The van der Waals surface area contributed by atoms with Gasteiger partial charge in [0, 0.05) is 24.4 Å². The summed E-state index contributed by atoms with van der Waals surface area (Å²) in [6, 6.07) is 2.56. The molecule has 1 aromatic heterocycles. The lowest BCUT2D eigenvalue weighted by atomic mass is 10.1. The Labute approximate surface area is 84.3 Å². The molecule has 2 rings (SSSR count). The Morgan fingerprint density at radius 2 is 2.50 bits per heavy atom. The lowest BCUT2D eigenvalue weighted by Gasteiger charge is -2.29. The summed E-state index contributed by atoms with van der Waals surface area (Å²) in [5, 5.41) is 7.54. The molecule has 0 bridgehead atoms. The minimum Gasteiger partial charge on any atom is -0.377 e. The topological polar surface area (TPSA) is 39.1 Å². The van der Waals surface area contributed by atoms with E-state index in [1.807, 2.05) is 13.2 Å². The number of aromatic nitrogens is 2. The lowest BCUT2D eigenvalue weighted by Crippen LogP contribution is -2.33. The number of ether oxygens (including phenoxy) is 1. The molecule has 1 aliphatic heterocycles. The Morgan fingerprint density at radius 3 is 3.07 bits per heavy atom. The highest BCUT2D eigenvalue weighted by molar-refractivity contribution is 5.09. The third kappa shape index (κ3) is 1.67. The van der Waals surface area contributed by atoms with Crippen LogP contribution >= 0.6 is 0 Å². The molecular weight excluding hydrogens is 178 g/mol. The Balaban J connectivity index is 2.11. The van der Waals surface area contributed by atoms with Crippen LogP contribution in [0, 0.1) is 0 Å². The van der Waals surface area contributed by atoms with Gasteiger partial charge in [0.1, 0.15) is 0 Å². The monoisotopic (exact) mass is 195 g/mol. The van der Waals surface area contributed by atoms with E-state index in [1.165, 1.54) is 5.69 Å². The molecule has 1 saturated heterocycles. The Kier molecular flexibility index (Phi) is 2.84. The van der Waals surface area contributed by atoms with Crippen LogP contribution in [0.5, 0.6) is 0 Å². The molecule has 0 spiro atoms. The SMILES string of the molecule is CNCC(C)c1ccnn1C1COC1. The first-order chi connectivity index (χ1) is 6.83. The summed E-state index contributed by atoms with van der Waals surface area (Å²) in [5.41, 5.74) is 1.30. The molecule has 0 radical (unpaired) electrons. The largest absolute Gasteiger partial charge is 0.377 e. The zero-order valence-electron chi connectivity index (χ0n) is 8.73. The van der Waals surface area contributed by atoms with Gasteiger partial charge in [0.05, 0.1) is 19.3 Å². The molecule has 1 fully saturated rings. The van der Waals surface area contributed by atoms with Crippen molar-refractivity contribution in [2.24, 2.45) is 0 Å². The van der Waals surface area contributed by atoms with E-state index in [2.05, 4.69) is 28.1 Å². The van der Waals surface area contributed by atoms with E-state index in [9.17, 15) is 0 Å². The van der Waals surface area contributed by atoms with Gasteiger partial charge in [0.2, 0.25) is 0 Å². The number of hydrogen-bond donors (Lipinski definition) is 1. The second kappa shape index (κ2) is 4.11. The molecule has 78 valence electrons. The third-order valence-corrected chi connectivity index (χ3v) is 2.68. The maximum absolute atomic E-state index is 5.18. The van der Waals surface area contributed by atoms with Gasteiger partial charge in [-0.15, -0.1) is 0 Å². The van der Waals surface area contributed by atoms with E-state index in [0.717, 1.165) is 19.8 Å². The average Bonchev–Trinajstić information content (AvgIpc) is 2.50. The Morgan fingerprint density at radius 1 is 1.71 bits per heavy atom.